The molecule has 1 atom stereocenters. The Balaban J connectivity index is 4.41. The van der Waals surface area contributed by atoms with Crippen LogP contribution in [0.2, 0.25) is 0 Å². The van der Waals surface area contributed by atoms with E-state index >= 15 is 0 Å². The van der Waals surface area contributed by atoms with Crippen molar-refractivity contribution in [1.82, 2.24) is 4.90 Å². The highest BCUT2D eigenvalue weighted by Crippen LogP contribution is 2.07. The van der Waals surface area contributed by atoms with Gasteiger partial charge in [-0.15, -0.1) is 13.2 Å². The molecule has 0 N–H and O–H groups in total. The highest BCUT2D eigenvalue weighted by molar-refractivity contribution is 5.81. The van der Waals surface area contributed by atoms with Crippen molar-refractivity contribution >= 4 is 5.97 Å². The maximum absolute atomic E-state index is 11.1. The van der Waals surface area contributed by atoms with Gasteiger partial charge in [-0.25, -0.2) is 4.79 Å². The molecule has 0 aromatic rings. The second-order valence-corrected chi connectivity index (χ2v) is 3.04. The van der Waals surface area contributed by atoms with E-state index < -0.39 is 5.97 Å². The minimum atomic E-state index is -0.403. The Morgan fingerprint density at radius 2 is 1.87 bits per heavy atom. The van der Waals surface area contributed by atoms with E-state index in [1.54, 1.807) is 12.2 Å². The van der Waals surface area contributed by atoms with Gasteiger partial charge in [-0.05, 0) is 6.42 Å². The maximum Gasteiger partial charge on any atom is 0.331 e. The van der Waals surface area contributed by atoms with E-state index in [1.165, 1.54) is 6.08 Å². The van der Waals surface area contributed by atoms with Crippen LogP contribution in [0.4, 0.5) is 0 Å². The van der Waals surface area contributed by atoms with Gasteiger partial charge in [0.2, 0.25) is 0 Å². The second-order valence-electron chi connectivity index (χ2n) is 3.04. The number of ether oxygens (including phenoxy) is 1. The number of hydrogen-bond donors (Lipinski definition) is 0. The lowest BCUT2D eigenvalue weighted by atomic mass is 10.3. The van der Waals surface area contributed by atoms with Crippen molar-refractivity contribution in [2.24, 2.45) is 0 Å². The molecule has 0 saturated heterocycles. The highest BCUT2D eigenvalue weighted by atomic mass is 16.6. The number of carbonyl (C=O) groups excluding carboxylic acids is 1. The average molecular weight is 209 g/mol. The first-order valence-electron chi connectivity index (χ1n) is 4.98. The summed E-state index contributed by atoms with van der Waals surface area (Å²) in [5, 5.41) is 0. The van der Waals surface area contributed by atoms with Gasteiger partial charge in [-0.1, -0.05) is 25.7 Å². The molecular weight excluding hydrogens is 190 g/mol. The zero-order valence-corrected chi connectivity index (χ0v) is 9.32. The van der Waals surface area contributed by atoms with Gasteiger partial charge in [0.25, 0.3) is 0 Å². The molecular formula is C12H19NO2. The molecule has 0 saturated carbocycles. The Labute approximate surface area is 91.7 Å². The summed E-state index contributed by atoms with van der Waals surface area (Å²) < 4.78 is 5.19. The first-order chi connectivity index (χ1) is 7.19. The molecule has 0 aliphatic rings. The predicted octanol–water partition coefficient (Wildman–Crippen LogP) is 2.13. The van der Waals surface area contributed by atoms with Crippen LogP contribution in [0.3, 0.4) is 0 Å². The summed E-state index contributed by atoms with van der Waals surface area (Å²) in [6.45, 7) is 14.0. The Morgan fingerprint density at radius 1 is 1.33 bits per heavy atom. The Morgan fingerprint density at radius 3 is 2.20 bits per heavy atom. The molecule has 0 aromatic heterocycles. The first-order valence-corrected chi connectivity index (χ1v) is 4.98. The number of esters is 1. The fourth-order valence-corrected chi connectivity index (χ4v) is 1.24. The van der Waals surface area contributed by atoms with Crippen molar-refractivity contribution in [3.63, 3.8) is 0 Å². The molecule has 0 radical (unpaired) electrons. The molecule has 0 spiro atoms. The second kappa shape index (κ2) is 8.00. The standard InChI is InChI=1S/C12H19NO2/c1-5-9-13(10-6-2)11(7-3)15-12(14)8-4/h5-6,8,11H,1-2,4,7,9-10H2,3H3. The van der Waals surface area contributed by atoms with Gasteiger partial charge in [-0.2, -0.15) is 0 Å². The van der Waals surface area contributed by atoms with Gasteiger partial charge in [0, 0.05) is 19.2 Å². The van der Waals surface area contributed by atoms with Crippen molar-refractivity contribution < 1.29 is 9.53 Å². The molecule has 0 aromatic carbocycles. The van der Waals surface area contributed by atoms with Gasteiger partial charge >= 0.3 is 5.97 Å². The molecule has 3 heteroatoms. The lowest BCUT2D eigenvalue weighted by Gasteiger charge is -2.28. The van der Waals surface area contributed by atoms with E-state index in [9.17, 15) is 4.79 Å². The number of carbonyl (C=O) groups is 1. The summed E-state index contributed by atoms with van der Waals surface area (Å²) in [7, 11) is 0. The summed E-state index contributed by atoms with van der Waals surface area (Å²) in [6.07, 6.45) is 5.19. The normalized spacial score (nSPS) is 11.9. The Hall–Kier alpha value is -1.35. The van der Waals surface area contributed by atoms with Crippen LogP contribution in [0.1, 0.15) is 13.3 Å². The fraction of sp³-hybridized carbons (Fsp3) is 0.417. The van der Waals surface area contributed by atoms with Gasteiger partial charge < -0.3 is 4.74 Å². The molecule has 3 nitrogen and oxygen atoms in total. The third kappa shape index (κ3) is 5.18. The lowest BCUT2D eigenvalue weighted by molar-refractivity contribution is -0.152. The van der Waals surface area contributed by atoms with E-state index in [2.05, 4.69) is 19.7 Å². The smallest absolute Gasteiger partial charge is 0.331 e. The third-order valence-corrected chi connectivity index (χ3v) is 1.90. The summed E-state index contributed by atoms with van der Waals surface area (Å²) >= 11 is 0. The quantitative estimate of drug-likeness (QED) is 0.265. The minimum Gasteiger partial charge on any atom is -0.443 e. The number of hydrogen-bond acceptors (Lipinski definition) is 3. The zero-order chi connectivity index (χ0) is 11.7. The topological polar surface area (TPSA) is 29.5 Å². The maximum atomic E-state index is 11.1. The average Bonchev–Trinajstić information content (AvgIpc) is 2.25. The lowest BCUT2D eigenvalue weighted by Crippen LogP contribution is -2.38. The molecule has 15 heavy (non-hydrogen) atoms. The van der Waals surface area contributed by atoms with Gasteiger partial charge in [-0.3, -0.25) is 4.90 Å². The molecule has 0 aliphatic heterocycles. The fourth-order valence-electron chi connectivity index (χ4n) is 1.24. The Kier molecular flexibility index (Phi) is 7.28. The summed E-state index contributed by atoms with van der Waals surface area (Å²) in [5.41, 5.74) is 0. The largest absolute Gasteiger partial charge is 0.443 e. The van der Waals surface area contributed by atoms with Crippen LogP contribution in [0.5, 0.6) is 0 Å². The van der Waals surface area contributed by atoms with Gasteiger partial charge in [0.15, 0.2) is 6.23 Å². The first kappa shape index (κ1) is 13.7. The van der Waals surface area contributed by atoms with Crippen LogP contribution < -0.4 is 0 Å². The van der Waals surface area contributed by atoms with Crippen LogP contribution in [0.25, 0.3) is 0 Å². The van der Waals surface area contributed by atoms with Crippen LogP contribution in [0.15, 0.2) is 38.0 Å². The van der Waals surface area contributed by atoms with Crippen molar-refractivity contribution in [2.75, 3.05) is 13.1 Å². The van der Waals surface area contributed by atoms with E-state index in [-0.39, 0.29) is 6.23 Å². The molecule has 0 aliphatic carbocycles. The van der Waals surface area contributed by atoms with Crippen LogP contribution in [-0.2, 0) is 9.53 Å². The third-order valence-electron chi connectivity index (χ3n) is 1.90. The zero-order valence-electron chi connectivity index (χ0n) is 9.32. The number of rotatable bonds is 8. The van der Waals surface area contributed by atoms with Gasteiger partial charge in [0.05, 0.1) is 0 Å². The van der Waals surface area contributed by atoms with E-state index in [0.29, 0.717) is 13.1 Å². The molecule has 0 bridgehead atoms. The molecule has 84 valence electrons. The van der Waals surface area contributed by atoms with Crippen molar-refractivity contribution in [2.45, 2.75) is 19.6 Å². The van der Waals surface area contributed by atoms with E-state index in [1.807, 2.05) is 11.8 Å². The van der Waals surface area contributed by atoms with Crippen molar-refractivity contribution in [3.05, 3.63) is 38.0 Å². The molecule has 1 unspecified atom stereocenters. The molecule has 0 fully saturated rings. The summed E-state index contributed by atoms with van der Waals surface area (Å²) in [5.74, 6) is -0.403. The summed E-state index contributed by atoms with van der Waals surface area (Å²) in [6, 6.07) is 0. The van der Waals surface area contributed by atoms with Crippen molar-refractivity contribution in [3.8, 4) is 0 Å². The highest BCUT2D eigenvalue weighted by Gasteiger charge is 2.17. The van der Waals surface area contributed by atoms with Crippen molar-refractivity contribution in [1.29, 1.82) is 0 Å². The van der Waals surface area contributed by atoms with E-state index in [4.69, 9.17) is 4.74 Å². The minimum absolute atomic E-state index is 0.244. The van der Waals surface area contributed by atoms with Gasteiger partial charge in [0.1, 0.15) is 0 Å². The molecule has 0 heterocycles. The Bertz CT molecular complexity index is 226. The van der Waals surface area contributed by atoms with E-state index in [0.717, 1.165) is 6.42 Å². The molecule has 0 amide bonds. The SMILES string of the molecule is C=CCN(CC=C)C(CC)OC(=O)C=C. The molecule has 0 rings (SSSR count). The van der Waals surface area contributed by atoms with Crippen LogP contribution in [0, 0.1) is 0 Å². The summed E-state index contributed by atoms with van der Waals surface area (Å²) in [4.78, 5) is 13.0. The van der Waals surface area contributed by atoms with Crippen LogP contribution in [-0.4, -0.2) is 30.2 Å². The van der Waals surface area contributed by atoms with Crippen LogP contribution >= 0.6 is 0 Å². The monoisotopic (exact) mass is 209 g/mol. The predicted molar refractivity (Wildman–Crippen MR) is 62.3 cm³/mol. The number of nitrogens with zero attached hydrogens (tertiary/aromatic N) is 1.